The van der Waals surface area contributed by atoms with E-state index in [2.05, 4.69) is 20.2 Å². The van der Waals surface area contributed by atoms with Crippen molar-refractivity contribution in [1.82, 2.24) is 14.9 Å². The van der Waals surface area contributed by atoms with Crippen LogP contribution in [0.5, 0.6) is 5.75 Å². The number of aromatic hydroxyl groups is 1. The number of fused-ring (bicyclic) bond motifs is 1. The van der Waals surface area contributed by atoms with E-state index in [0.29, 0.717) is 34.9 Å². The number of aromatic nitrogens is 2. The van der Waals surface area contributed by atoms with Crippen LogP contribution in [0.1, 0.15) is 18.4 Å². The van der Waals surface area contributed by atoms with Crippen LogP contribution in [-0.2, 0) is 14.8 Å². The molecule has 1 aliphatic heterocycles. The monoisotopic (exact) mass is 490 g/mol. The number of phenols is 1. The van der Waals surface area contributed by atoms with E-state index in [-0.39, 0.29) is 23.3 Å². The Kier molecular flexibility index (Phi) is 6.38. The smallest absolute Gasteiger partial charge is 0.240 e. The van der Waals surface area contributed by atoms with Gasteiger partial charge in [-0.05, 0) is 43.5 Å². The van der Waals surface area contributed by atoms with Gasteiger partial charge < -0.3 is 15.2 Å². The number of benzene rings is 3. The largest absolute Gasteiger partial charge is 0.508 e. The molecule has 35 heavy (non-hydrogen) atoms. The fraction of sp³-hybridized carbons (Fsp3) is 0.231. The highest BCUT2D eigenvalue weighted by molar-refractivity contribution is 7.89. The molecule has 5 rings (SSSR count). The minimum absolute atomic E-state index is 0.0883. The number of ether oxygens (including phenoxy) is 1. The topological polar surface area (TPSA) is 113 Å². The fourth-order valence-corrected chi connectivity index (χ4v) is 5.59. The summed E-state index contributed by atoms with van der Waals surface area (Å²) < 4.78 is 34.5. The molecule has 0 spiro atoms. The standard InChI is InChI=1S/C26H26N4O4S/c1-17-11-12-18(14-24(17)35(32,33)27-16-21-8-5-13-34-21)25-22-9-2-3-10-23(22)26(30-29-25)28-19-6-4-7-20(31)15-19/h2-4,6-7,9-12,14-15,21,27,31H,5,8,13,16H2,1H3,(H,28,30)/t21-/m0/s1. The molecular weight excluding hydrogens is 464 g/mol. The van der Waals surface area contributed by atoms with Gasteiger partial charge in [-0.15, -0.1) is 10.2 Å². The number of aryl methyl sites for hydroxylation is 1. The summed E-state index contributed by atoms with van der Waals surface area (Å²) in [5, 5.41) is 23.5. The zero-order valence-corrected chi connectivity index (χ0v) is 20.0. The van der Waals surface area contributed by atoms with Gasteiger partial charge in [0.05, 0.1) is 11.0 Å². The third kappa shape index (κ3) is 4.97. The maximum absolute atomic E-state index is 13.1. The molecule has 1 aromatic heterocycles. The Hall–Kier alpha value is -3.53. The zero-order valence-electron chi connectivity index (χ0n) is 19.2. The van der Waals surface area contributed by atoms with Crippen LogP contribution in [0.3, 0.4) is 0 Å². The highest BCUT2D eigenvalue weighted by Crippen LogP contribution is 2.33. The van der Waals surface area contributed by atoms with Gasteiger partial charge in [0.1, 0.15) is 11.4 Å². The van der Waals surface area contributed by atoms with Crippen LogP contribution in [0.25, 0.3) is 22.0 Å². The number of hydrogen-bond donors (Lipinski definition) is 3. The van der Waals surface area contributed by atoms with E-state index in [4.69, 9.17) is 4.74 Å². The van der Waals surface area contributed by atoms with Crippen molar-refractivity contribution >= 4 is 32.3 Å². The van der Waals surface area contributed by atoms with Crippen molar-refractivity contribution in [2.45, 2.75) is 30.8 Å². The second kappa shape index (κ2) is 9.61. The van der Waals surface area contributed by atoms with E-state index in [9.17, 15) is 13.5 Å². The van der Waals surface area contributed by atoms with Crippen LogP contribution in [-0.4, -0.2) is 43.0 Å². The molecule has 1 atom stereocenters. The van der Waals surface area contributed by atoms with E-state index in [1.807, 2.05) is 36.4 Å². The molecule has 0 unspecified atom stereocenters. The predicted molar refractivity (Wildman–Crippen MR) is 135 cm³/mol. The van der Waals surface area contributed by atoms with Crippen molar-refractivity contribution in [3.05, 3.63) is 72.3 Å². The second-order valence-electron chi connectivity index (χ2n) is 8.59. The van der Waals surface area contributed by atoms with Crippen LogP contribution in [0.4, 0.5) is 11.5 Å². The van der Waals surface area contributed by atoms with E-state index in [1.165, 1.54) is 0 Å². The molecule has 0 radical (unpaired) electrons. The molecule has 1 saturated heterocycles. The van der Waals surface area contributed by atoms with Crippen LogP contribution in [0.2, 0.25) is 0 Å². The molecule has 3 N–H and O–H groups in total. The van der Waals surface area contributed by atoms with Gasteiger partial charge in [-0.25, -0.2) is 13.1 Å². The molecular formula is C26H26N4O4S. The van der Waals surface area contributed by atoms with Crippen molar-refractivity contribution < 1.29 is 18.3 Å². The molecule has 8 nitrogen and oxygen atoms in total. The quantitative estimate of drug-likeness (QED) is 0.349. The normalized spacial score (nSPS) is 16.0. The molecule has 2 heterocycles. The van der Waals surface area contributed by atoms with Gasteiger partial charge in [-0.1, -0.05) is 42.5 Å². The Morgan fingerprint density at radius 2 is 1.86 bits per heavy atom. The van der Waals surface area contributed by atoms with Gasteiger partial charge in [-0.3, -0.25) is 0 Å². The maximum Gasteiger partial charge on any atom is 0.240 e. The third-order valence-electron chi connectivity index (χ3n) is 6.07. The van der Waals surface area contributed by atoms with Crippen LogP contribution < -0.4 is 10.0 Å². The first-order valence-corrected chi connectivity index (χ1v) is 12.9. The SMILES string of the molecule is Cc1ccc(-c2nnc(Nc3cccc(O)c3)c3ccccc23)cc1S(=O)(=O)NC[C@@H]1CCCO1. The molecule has 1 fully saturated rings. The maximum atomic E-state index is 13.1. The Bertz CT molecular complexity index is 1480. The fourth-order valence-electron chi connectivity index (χ4n) is 4.25. The summed E-state index contributed by atoms with van der Waals surface area (Å²) in [6, 6.07) is 19.7. The minimum Gasteiger partial charge on any atom is -0.508 e. The first-order chi connectivity index (χ1) is 16.9. The highest BCUT2D eigenvalue weighted by atomic mass is 32.2. The number of nitrogens with one attached hydrogen (secondary N) is 2. The highest BCUT2D eigenvalue weighted by Gasteiger charge is 2.23. The van der Waals surface area contributed by atoms with Crippen LogP contribution >= 0.6 is 0 Å². The van der Waals surface area contributed by atoms with Crippen molar-refractivity contribution in [3.8, 4) is 17.0 Å². The first-order valence-electron chi connectivity index (χ1n) is 11.4. The Balaban J connectivity index is 1.51. The third-order valence-corrected chi connectivity index (χ3v) is 7.64. The van der Waals surface area contributed by atoms with E-state index >= 15 is 0 Å². The van der Waals surface area contributed by atoms with Gasteiger partial charge >= 0.3 is 0 Å². The number of nitrogens with zero attached hydrogens (tertiary/aromatic N) is 2. The molecule has 9 heteroatoms. The number of hydrogen-bond acceptors (Lipinski definition) is 7. The summed E-state index contributed by atoms with van der Waals surface area (Å²) >= 11 is 0. The van der Waals surface area contributed by atoms with Crippen molar-refractivity contribution in [2.75, 3.05) is 18.5 Å². The zero-order chi connectivity index (χ0) is 24.4. The van der Waals surface area contributed by atoms with Crippen molar-refractivity contribution in [3.63, 3.8) is 0 Å². The summed E-state index contributed by atoms with van der Waals surface area (Å²) in [6.45, 7) is 2.70. The average Bonchev–Trinajstić information content (AvgIpc) is 3.37. The summed E-state index contributed by atoms with van der Waals surface area (Å²) in [4.78, 5) is 0.209. The Morgan fingerprint density at radius 3 is 2.63 bits per heavy atom. The molecule has 0 bridgehead atoms. The Labute approximate surface area is 204 Å². The first kappa shape index (κ1) is 23.2. The van der Waals surface area contributed by atoms with Gasteiger partial charge in [0, 0.05) is 41.2 Å². The lowest BCUT2D eigenvalue weighted by molar-refractivity contribution is 0.114. The molecule has 180 valence electrons. The van der Waals surface area contributed by atoms with Gasteiger partial charge in [0.15, 0.2) is 5.82 Å². The van der Waals surface area contributed by atoms with Gasteiger partial charge in [0.2, 0.25) is 10.0 Å². The molecule has 1 aliphatic rings. The van der Waals surface area contributed by atoms with Crippen molar-refractivity contribution in [2.24, 2.45) is 0 Å². The molecule has 0 aliphatic carbocycles. The number of phenolic OH excluding ortho intramolecular Hbond substituents is 1. The Morgan fingerprint density at radius 1 is 1.03 bits per heavy atom. The lowest BCUT2D eigenvalue weighted by atomic mass is 10.0. The predicted octanol–water partition coefficient (Wildman–Crippen LogP) is 4.51. The van der Waals surface area contributed by atoms with Gasteiger partial charge in [0.25, 0.3) is 0 Å². The molecule has 0 amide bonds. The summed E-state index contributed by atoms with van der Waals surface area (Å²) in [6.07, 6.45) is 1.71. The number of sulfonamides is 1. The minimum atomic E-state index is -3.73. The van der Waals surface area contributed by atoms with E-state index in [0.717, 1.165) is 23.6 Å². The number of anilines is 2. The van der Waals surface area contributed by atoms with Gasteiger partial charge in [-0.2, -0.15) is 0 Å². The summed E-state index contributed by atoms with van der Waals surface area (Å²) in [7, 11) is -3.73. The van der Waals surface area contributed by atoms with E-state index in [1.54, 1.807) is 37.3 Å². The summed E-state index contributed by atoms with van der Waals surface area (Å²) in [5.74, 6) is 0.679. The van der Waals surface area contributed by atoms with Crippen LogP contribution in [0, 0.1) is 6.92 Å². The van der Waals surface area contributed by atoms with E-state index < -0.39 is 10.0 Å². The lowest BCUT2D eigenvalue weighted by Gasteiger charge is -2.15. The molecule has 4 aromatic rings. The average molecular weight is 491 g/mol. The molecule has 3 aromatic carbocycles. The van der Waals surface area contributed by atoms with Crippen molar-refractivity contribution in [1.29, 1.82) is 0 Å². The summed E-state index contributed by atoms with van der Waals surface area (Å²) in [5.41, 5.74) is 2.56. The lowest BCUT2D eigenvalue weighted by Crippen LogP contribution is -2.32. The molecule has 0 saturated carbocycles. The second-order valence-corrected chi connectivity index (χ2v) is 10.3. The number of rotatable bonds is 7. The van der Waals surface area contributed by atoms with Crippen LogP contribution in [0.15, 0.2) is 71.6 Å².